The maximum atomic E-state index is 11.6. The van der Waals surface area contributed by atoms with Crippen molar-refractivity contribution in [2.24, 2.45) is 0 Å². The molecule has 0 N–H and O–H groups in total. The number of Topliss-reactive ketones (excluding diaryl/α,β-unsaturated/α-hetero) is 1. The molecule has 1 aromatic carbocycles. The zero-order valence-electron chi connectivity index (χ0n) is 9.30. The molecule has 1 aliphatic heterocycles. The van der Waals surface area contributed by atoms with Crippen LogP contribution in [-0.2, 0) is 6.42 Å². The van der Waals surface area contributed by atoms with E-state index in [1.807, 2.05) is 6.92 Å². The fraction of sp³-hybridized carbons (Fsp3) is 0.417. The van der Waals surface area contributed by atoms with Crippen LogP contribution in [0.5, 0.6) is 11.5 Å². The van der Waals surface area contributed by atoms with Gasteiger partial charge in [0, 0.05) is 17.2 Å². The van der Waals surface area contributed by atoms with E-state index >= 15 is 0 Å². The summed E-state index contributed by atoms with van der Waals surface area (Å²) in [6.07, 6.45) is 0.696. The van der Waals surface area contributed by atoms with Crippen LogP contribution in [0.1, 0.15) is 29.8 Å². The Hall–Kier alpha value is -1.22. The predicted molar refractivity (Wildman–Crippen MR) is 61.8 cm³/mol. The molecule has 0 fully saturated rings. The van der Waals surface area contributed by atoms with Gasteiger partial charge in [0.2, 0.25) is 0 Å². The Bertz CT molecular complexity index is 440. The van der Waals surface area contributed by atoms with Gasteiger partial charge < -0.3 is 9.47 Å². The lowest BCUT2D eigenvalue weighted by Crippen LogP contribution is -2.18. The molecule has 0 aliphatic carbocycles. The van der Waals surface area contributed by atoms with Crippen molar-refractivity contribution in [2.75, 3.05) is 13.2 Å². The van der Waals surface area contributed by atoms with Gasteiger partial charge in [0.25, 0.3) is 0 Å². The Kier molecular flexibility index (Phi) is 3.06. The standard InChI is InChI=1S/C12H13ClO3/c1-3-8-11(7(2)14)9(13)6-10-12(8)16-5-4-15-10/h6H,3-5H2,1-2H3. The normalized spacial score (nSPS) is 13.7. The third-order valence-corrected chi connectivity index (χ3v) is 2.89. The lowest BCUT2D eigenvalue weighted by atomic mass is 10.00. The molecule has 0 amide bonds. The lowest BCUT2D eigenvalue weighted by Gasteiger charge is -2.23. The Balaban J connectivity index is 2.67. The van der Waals surface area contributed by atoms with E-state index in [0.717, 1.165) is 5.56 Å². The van der Waals surface area contributed by atoms with Gasteiger partial charge in [-0.2, -0.15) is 0 Å². The number of fused-ring (bicyclic) bond motifs is 1. The van der Waals surface area contributed by atoms with Crippen LogP contribution in [0.15, 0.2) is 6.07 Å². The first-order valence-electron chi connectivity index (χ1n) is 5.27. The van der Waals surface area contributed by atoms with E-state index in [1.54, 1.807) is 6.07 Å². The smallest absolute Gasteiger partial charge is 0.165 e. The van der Waals surface area contributed by atoms with Crippen LogP contribution in [-0.4, -0.2) is 19.0 Å². The van der Waals surface area contributed by atoms with Gasteiger partial charge >= 0.3 is 0 Å². The van der Waals surface area contributed by atoms with Crippen molar-refractivity contribution >= 4 is 17.4 Å². The Labute approximate surface area is 99.3 Å². The maximum Gasteiger partial charge on any atom is 0.165 e. The van der Waals surface area contributed by atoms with Gasteiger partial charge in [0.1, 0.15) is 13.2 Å². The molecule has 1 heterocycles. The summed E-state index contributed by atoms with van der Waals surface area (Å²) in [5, 5.41) is 0.439. The summed E-state index contributed by atoms with van der Waals surface area (Å²) in [5.41, 5.74) is 1.39. The zero-order chi connectivity index (χ0) is 11.7. The van der Waals surface area contributed by atoms with Gasteiger partial charge in [-0.15, -0.1) is 0 Å². The minimum absolute atomic E-state index is 0.0428. The SMILES string of the molecule is CCc1c2c(cc(Cl)c1C(C)=O)OCCO2. The molecular formula is C12H13ClO3. The summed E-state index contributed by atoms with van der Waals surface area (Å²) in [4.78, 5) is 11.6. The summed E-state index contributed by atoms with van der Waals surface area (Å²) < 4.78 is 11.0. The first-order chi connectivity index (χ1) is 7.65. The van der Waals surface area contributed by atoms with Gasteiger partial charge in [-0.05, 0) is 13.3 Å². The van der Waals surface area contributed by atoms with Crippen LogP contribution in [0.3, 0.4) is 0 Å². The molecule has 0 bridgehead atoms. The van der Waals surface area contributed by atoms with Gasteiger partial charge in [0.15, 0.2) is 17.3 Å². The molecule has 0 atom stereocenters. The lowest BCUT2D eigenvalue weighted by molar-refractivity contribution is 0.101. The topological polar surface area (TPSA) is 35.5 Å². The molecule has 1 aromatic rings. The first-order valence-corrected chi connectivity index (χ1v) is 5.64. The molecule has 4 heteroatoms. The van der Waals surface area contributed by atoms with Crippen molar-refractivity contribution in [3.63, 3.8) is 0 Å². The van der Waals surface area contributed by atoms with Crippen molar-refractivity contribution in [3.05, 3.63) is 22.2 Å². The molecule has 0 aromatic heterocycles. The van der Waals surface area contributed by atoms with Crippen molar-refractivity contribution < 1.29 is 14.3 Å². The Morgan fingerprint density at radius 1 is 1.44 bits per heavy atom. The maximum absolute atomic E-state index is 11.6. The number of hydrogen-bond acceptors (Lipinski definition) is 3. The quantitative estimate of drug-likeness (QED) is 0.746. The second kappa shape index (κ2) is 4.34. The third kappa shape index (κ3) is 1.76. The molecule has 0 spiro atoms. The van der Waals surface area contributed by atoms with Gasteiger partial charge in [0.05, 0.1) is 5.02 Å². The van der Waals surface area contributed by atoms with E-state index < -0.39 is 0 Å². The van der Waals surface area contributed by atoms with E-state index in [4.69, 9.17) is 21.1 Å². The van der Waals surface area contributed by atoms with Crippen molar-refractivity contribution in [3.8, 4) is 11.5 Å². The monoisotopic (exact) mass is 240 g/mol. The second-order valence-corrected chi connectivity index (χ2v) is 4.05. The van der Waals surface area contributed by atoms with Crippen molar-refractivity contribution in [2.45, 2.75) is 20.3 Å². The molecule has 0 saturated carbocycles. The van der Waals surface area contributed by atoms with E-state index in [-0.39, 0.29) is 5.78 Å². The average Bonchev–Trinajstić information content (AvgIpc) is 2.26. The van der Waals surface area contributed by atoms with Gasteiger partial charge in [-0.25, -0.2) is 0 Å². The molecule has 3 nitrogen and oxygen atoms in total. The van der Waals surface area contributed by atoms with Gasteiger partial charge in [-0.3, -0.25) is 4.79 Å². The zero-order valence-corrected chi connectivity index (χ0v) is 10.1. The minimum atomic E-state index is -0.0428. The number of rotatable bonds is 2. The van der Waals surface area contributed by atoms with Crippen molar-refractivity contribution in [1.29, 1.82) is 0 Å². The summed E-state index contributed by atoms with van der Waals surface area (Å²) in [6.45, 7) is 4.51. The van der Waals surface area contributed by atoms with E-state index in [2.05, 4.69) is 0 Å². The highest BCUT2D eigenvalue weighted by Gasteiger charge is 2.23. The molecule has 86 valence electrons. The minimum Gasteiger partial charge on any atom is -0.486 e. The molecular weight excluding hydrogens is 228 g/mol. The molecule has 0 unspecified atom stereocenters. The second-order valence-electron chi connectivity index (χ2n) is 3.65. The number of ketones is 1. The number of carbonyl (C=O) groups is 1. The van der Waals surface area contributed by atoms with E-state index in [9.17, 15) is 4.79 Å². The number of benzene rings is 1. The first kappa shape index (κ1) is 11.3. The van der Waals surface area contributed by atoms with Crippen LogP contribution < -0.4 is 9.47 Å². The number of halogens is 1. The largest absolute Gasteiger partial charge is 0.486 e. The molecule has 0 saturated heterocycles. The van der Waals surface area contributed by atoms with Crippen molar-refractivity contribution in [1.82, 2.24) is 0 Å². The molecule has 16 heavy (non-hydrogen) atoms. The highest BCUT2D eigenvalue weighted by Crippen LogP contribution is 2.40. The van der Waals surface area contributed by atoms with E-state index in [0.29, 0.717) is 41.7 Å². The van der Waals surface area contributed by atoms with E-state index in [1.165, 1.54) is 6.92 Å². The molecule has 1 aliphatic rings. The number of hydrogen-bond donors (Lipinski definition) is 0. The van der Waals surface area contributed by atoms with Crippen LogP contribution in [0.4, 0.5) is 0 Å². The highest BCUT2D eigenvalue weighted by atomic mass is 35.5. The fourth-order valence-electron chi connectivity index (χ4n) is 1.94. The van der Waals surface area contributed by atoms with Crippen LogP contribution >= 0.6 is 11.6 Å². The average molecular weight is 241 g/mol. The number of ether oxygens (including phenoxy) is 2. The van der Waals surface area contributed by atoms with Crippen LogP contribution in [0, 0.1) is 0 Å². The summed E-state index contributed by atoms with van der Waals surface area (Å²) >= 11 is 6.08. The highest BCUT2D eigenvalue weighted by molar-refractivity contribution is 6.34. The van der Waals surface area contributed by atoms with Gasteiger partial charge in [-0.1, -0.05) is 18.5 Å². The summed E-state index contributed by atoms with van der Waals surface area (Å²) in [5.74, 6) is 1.26. The predicted octanol–water partition coefficient (Wildman–Crippen LogP) is 2.88. The summed E-state index contributed by atoms with van der Waals surface area (Å²) in [6, 6.07) is 1.66. The molecule has 2 rings (SSSR count). The van der Waals surface area contributed by atoms with Crippen LogP contribution in [0.2, 0.25) is 5.02 Å². The van der Waals surface area contributed by atoms with Crippen LogP contribution in [0.25, 0.3) is 0 Å². The third-order valence-electron chi connectivity index (χ3n) is 2.59. The Morgan fingerprint density at radius 3 is 2.75 bits per heavy atom. The molecule has 0 radical (unpaired) electrons. The summed E-state index contributed by atoms with van der Waals surface area (Å²) in [7, 11) is 0. The fourth-order valence-corrected chi connectivity index (χ4v) is 2.28. The number of carbonyl (C=O) groups excluding carboxylic acids is 1. The Morgan fingerprint density at radius 2 is 2.12 bits per heavy atom.